The van der Waals surface area contributed by atoms with Crippen LogP contribution < -0.4 is 14.8 Å². The molecular formula is C23H23ClN2O6. The van der Waals surface area contributed by atoms with Crippen molar-refractivity contribution in [2.75, 3.05) is 27.3 Å². The normalized spacial score (nSPS) is 17.4. The van der Waals surface area contributed by atoms with Gasteiger partial charge in [-0.2, -0.15) is 0 Å². The van der Waals surface area contributed by atoms with Crippen LogP contribution in [0.2, 0.25) is 5.02 Å². The maximum Gasteiger partial charge on any atom is 0.295 e. The number of likely N-dealkylation sites (tertiary alicyclic amines) is 1. The summed E-state index contributed by atoms with van der Waals surface area (Å²) in [4.78, 5) is 38.5. The molecule has 1 aliphatic rings. The predicted molar refractivity (Wildman–Crippen MR) is 119 cm³/mol. The fourth-order valence-electron chi connectivity index (χ4n) is 3.59. The van der Waals surface area contributed by atoms with Crippen LogP contribution in [0.1, 0.15) is 24.1 Å². The Balaban J connectivity index is 2.17. The van der Waals surface area contributed by atoms with Crippen molar-refractivity contribution in [3.8, 4) is 11.5 Å². The number of aliphatic hydroxyl groups is 1. The minimum Gasteiger partial charge on any atom is -0.507 e. The zero-order valence-electron chi connectivity index (χ0n) is 17.8. The van der Waals surface area contributed by atoms with Crippen LogP contribution in [0.3, 0.4) is 0 Å². The highest BCUT2D eigenvalue weighted by atomic mass is 35.5. The Labute approximate surface area is 190 Å². The van der Waals surface area contributed by atoms with E-state index >= 15 is 0 Å². The summed E-state index contributed by atoms with van der Waals surface area (Å²) < 4.78 is 10.7. The maximum absolute atomic E-state index is 13.0. The molecule has 1 saturated heterocycles. The monoisotopic (exact) mass is 458 g/mol. The number of carbonyl (C=O) groups excluding carboxylic acids is 3. The number of nitrogens with one attached hydrogen (secondary N) is 1. The van der Waals surface area contributed by atoms with Crippen molar-refractivity contribution in [3.05, 3.63) is 64.2 Å². The van der Waals surface area contributed by atoms with Gasteiger partial charge in [0.15, 0.2) is 0 Å². The molecule has 0 radical (unpaired) electrons. The third kappa shape index (κ3) is 4.55. The second-order valence-corrected chi connectivity index (χ2v) is 7.53. The predicted octanol–water partition coefficient (Wildman–Crippen LogP) is 2.92. The second kappa shape index (κ2) is 9.74. The molecule has 0 aromatic heterocycles. The van der Waals surface area contributed by atoms with Crippen LogP contribution >= 0.6 is 11.6 Å². The summed E-state index contributed by atoms with van der Waals surface area (Å²) in [6.07, 6.45) is 0. The standard InChI is InChI=1S/C23H23ClN2O6/c1-13(27)25-10-11-26-20(17-9-8-16(31-2)12-18(17)32-3)19(22(29)23(26)30)21(28)14-4-6-15(24)7-5-14/h4-9,12,20,28H,10-11H2,1-3H3,(H,25,27)/b21-19-. The van der Waals surface area contributed by atoms with E-state index in [0.717, 1.165) is 0 Å². The van der Waals surface area contributed by atoms with Crippen LogP contribution in [-0.2, 0) is 14.4 Å². The fourth-order valence-corrected chi connectivity index (χ4v) is 3.72. The molecule has 1 heterocycles. The number of aliphatic hydroxyl groups excluding tert-OH is 1. The number of ether oxygens (including phenoxy) is 2. The summed E-state index contributed by atoms with van der Waals surface area (Å²) in [6.45, 7) is 1.55. The first-order chi connectivity index (χ1) is 15.3. The minimum atomic E-state index is -0.930. The van der Waals surface area contributed by atoms with Crippen molar-refractivity contribution in [1.82, 2.24) is 10.2 Å². The summed E-state index contributed by atoms with van der Waals surface area (Å²) in [5.41, 5.74) is 0.751. The van der Waals surface area contributed by atoms with Crippen LogP contribution in [0.4, 0.5) is 0 Å². The number of hydrogen-bond acceptors (Lipinski definition) is 6. The minimum absolute atomic E-state index is 0.0569. The van der Waals surface area contributed by atoms with Gasteiger partial charge < -0.3 is 24.8 Å². The number of hydrogen-bond donors (Lipinski definition) is 2. The van der Waals surface area contributed by atoms with Gasteiger partial charge in [0.1, 0.15) is 17.3 Å². The van der Waals surface area contributed by atoms with Crippen LogP contribution in [0, 0.1) is 0 Å². The van der Waals surface area contributed by atoms with E-state index in [1.807, 2.05) is 0 Å². The fraction of sp³-hybridized carbons (Fsp3) is 0.261. The van der Waals surface area contributed by atoms with E-state index in [4.69, 9.17) is 21.1 Å². The highest BCUT2D eigenvalue weighted by Crippen LogP contribution is 2.43. The number of ketones is 1. The van der Waals surface area contributed by atoms with Gasteiger partial charge in [-0.3, -0.25) is 14.4 Å². The van der Waals surface area contributed by atoms with Gasteiger partial charge >= 0.3 is 0 Å². The van der Waals surface area contributed by atoms with Gasteiger partial charge in [-0.05, 0) is 36.4 Å². The first-order valence-corrected chi connectivity index (χ1v) is 10.2. The Morgan fingerprint density at radius 2 is 1.81 bits per heavy atom. The van der Waals surface area contributed by atoms with Crippen molar-refractivity contribution in [2.45, 2.75) is 13.0 Å². The van der Waals surface area contributed by atoms with Crippen molar-refractivity contribution in [2.24, 2.45) is 0 Å². The maximum atomic E-state index is 13.0. The number of rotatable bonds is 7. The largest absolute Gasteiger partial charge is 0.507 e. The lowest BCUT2D eigenvalue weighted by Gasteiger charge is -2.26. The smallest absolute Gasteiger partial charge is 0.295 e. The van der Waals surface area contributed by atoms with Gasteiger partial charge in [0.05, 0.1) is 25.8 Å². The molecule has 168 valence electrons. The highest BCUT2D eigenvalue weighted by Gasteiger charge is 2.46. The van der Waals surface area contributed by atoms with Gasteiger partial charge in [0.2, 0.25) is 5.91 Å². The van der Waals surface area contributed by atoms with Crippen molar-refractivity contribution < 1.29 is 29.0 Å². The van der Waals surface area contributed by atoms with E-state index in [-0.39, 0.29) is 30.3 Å². The second-order valence-electron chi connectivity index (χ2n) is 7.09. The summed E-state index contributed by atoms with van der Waals surface area (Å²) >= 11 is 5.94. The lowest BCUT2D eigenvalue weighted by Crippen LogP contribution is -2.37. The molecule has 2 amide bonds. The molecule has 8 nitrogen and oxygen atoms in total. The quantitative estimate of drug-likeness (QED) is 0.375. The van der Waals surface area contributed by atoms with Crippen molar-refractivity contribution in [1.29, 1.82) is 0 Å². The number of carbonyl (C=O) groups is 3. The lowest BCUT2D eigenvalue weighted by atomic mass is 9.94. The van der Waals surface area contributed by atoms with Crippen LogP contribution in [-0.4, -0.2) is 54.9 Å². The van der Waals surface area contributed by atoms with Gasteiger partial charge in [-0.15, -0.1) is 0 Å². The molecule has 0 spiro atoms. The summed E-state index contributed by atoms with van der Waals surface area (Å²) in [5.74, 6) is -1.30. The van der Waals surface area contributed by atoms with Crippen molar-refractivity contribution in [3.63, 3.8) is 0 Å². The molecule has 2 N–H and O–H groups in total. The topological polar surface area (TPSA) is 105 Å². The molecule has 0 bridgehead atoms. The van der Waals surface area contributed by atoms with Gasteiger partial charge in [0, 0.05) is 42.2 Å². The Kier molecular flexibility index (Phi) is 7.05. The van der Waals surface area contributed by atoms with E-state index in [2.05, 4.69) is 5.32 Å². The number of nitrogens with zero attached hydrogens (tertiary/aromatic N) is 1. The molecule has 1 atom stereocenters. The van der Waals surface area contributed by atoms with E-state index in [9.17, 15) is 19.5 Å². The summed E-state index contributed by atoms with van der Waals surface area (Å²) in [7, 11) is 2.97. The lowest BCUT2D eigenvalue weighted by molar-refractivity contribution is -0.140. The molecule has 0 aliphatic carbocycles. The van der Waals surface area contributed by atoms with Crippen LogP contribution in [0.25, 0.3) is 5.76 Å². The number of Topliss-reactive ketones (excluding diaryl/α,β-unsaturated/α-hetero) is 1. The van der Waals surface area contributed by atoms with Crippen LogP contribution in [0.5, 0.6) is 11.5 Å². The Hall–Kier alpha value is -3.52. The zero-order valence-corrected chi connectivity index (χ0v) is 18.6. The molecule has 1 unspecified atom stereocenters. The Bertz CT molecular complexity index is 1080. The molecule has 9 heteroatoms. The third-order valence-electron chi connectivity index (χ3n) is 5.12. The molecule has 1 fully saturated rings. The van der Waals surface area contributed by atoms with Crippen LogP contribution in [0.15, 0.2) is 48.0 Å². The molecule has 32 heavy (non-hydrogen) atoms. The molecule has 1 aliphatic heterocycles. The third-order valence-corrected chi connectivity index (χ3v) is 5.37. The first kappa shape index (κ1) is 23.1. The zero-order chi connectivity index (χ0) is 23.4. The van der Waals surface area contributed by atoms with Gasteiger partial charge in [0.25, 0.3) is 11.7 Å². The Morgan fingerprint density at radius 3 is 2.41 bits per heavy atom. The molecule has 3 rings (SSSR count). The Morgan fingerprint density at radius 1 is 1.12 bits per heavy atom. The molecule has 2 aromatic rings. The summed E-state index contributed by atoms with van der Waals surface area (Å²) in [6, 6.07) is 10.3. The number of methoxy groups -OCH3 is 2. The summed E-state index contributed by atoms with van der Waals surface area (Å²) in [5, 5.41) is 14.1. The number of halogens is 1. The van der Waals surface area contributed by atoms with E-state index in [1.165, 1.54) is 26.0 Å². The average Bonchev–Trinajstić information content (AvgIpc) is 3.03. The molecule has 2 aromatic carbocycles. The highest BCUT2D eigenvalue weighted by molar-refractivity contribution is 6.46. The van der Waals surface area contributed by atoms with E-state index < -0.39 is 17.7 Å². The number of amides is 2. The van der Waals surface area contributed by atoms with E-state index in [0.29, 0.717) is 27.6 Å². The van der Waals surface area contributed by atoms with E-state index in [1.54, 1.807) is 42.5 Å². The first-order valence-electron chi connectivity index (χ1n) is 9.79. The molecule has 0 saturated carbocycles. The van der Waals surface area contributed by atoms with Gasteiger partial charge in [-0.1, -0.05) is 11.6 Å². The molecular weight excluding hydrogens is 436 g/mol. The SMILES string of the molecule is COc1ccc(C2/C(=C(/O)c3ccc(Cl)cc3)C(=O)C(=O)N2CCNC(C)=O)c(OC)c1. The van der Waals surface area contributed by atoms with Gasteiger partial charge in [-0.25, -0.2) is 0 Å². The average molecular weight is 459 g/mol. The number of benzene rings is 2. The van der Waals surface area contributed by atoms with Crippen molar-refractivity contribution >= 4 is 35.0 Å².